The Bertz CT molecular complexity index is 1130. The van der Waals surface area contributed by atoms with Crippen LogP contribution < -0.4 is 5.32 Å². The number of benzene rings is 1. The van der Waals surface area contributed by atoms with Gasteiger partial charge in [-0.15, -0.1) is 0 Å². The van der Waals surface area contributed by atoms with Gasteiger partial charge in [-0.3, -0.25) is 14.5 Å². The van der Waals surface area contributed by atoms with Gasteiger partial charge in [0.25, 0.3) is 0 Å². The lowest BCUT2D eigenvalue weighted by molar-refractivity contribution is -0.132. The second-order valence-corrected chi connectivity index (χ2v) is 11.1. The highest BCUT2D eigenvalue weighted by atomic mass is 19.1. The van der Waals surface area contributed by atoms with Gasteiger partial charge in [-0.2, -0.15) is 0 Å². The molecule has 7 nitrogen and oxygen atoms in total. The van der Waals surface area contributed by atoms with E-state index >= 15 is 0 Å². The van der Waals surface area contributed by atoms with Crippen molar-refractivity contribution < 1.29 is 14.0 Å². The Kier molecular flexibility index (Phi) is 7.65. The van der Waals surface area contributed by atoms with Gasteiger partial charge in [0.2, 0.25) is 11.8 Å². The van der Waals surface area contributed by atoms with Crippen LogP contribution in [0.2, 0.25) is 0 Å². The first-order valence-electron chi connectivity index (χ1n) is 14.0. The van der Waals surface area contributed by atoms with Crippen molar-refractivity contribution in [3.05, 3.63) is 52.9 Å². The van der Waals surface area contributed by atoms with E-state index in [9.17, 15) is 14.0 Å². The molecule has 0 saturated carbocycles. The Labute approximate surface area is 219 Å². The normalized spacial score (nSPS) is 24.1. The third-order valence-electron chi connectivity index (χ3n) is 8.57. The van der Waals surface area contributed by atoms with Crippen LogP contribution in [-0.2, 0) is 22.6 Å². The zero-order valence-corrected chi connectivity index (χ0v) is 22.4. The Morgan fingerprint density at radius 1 is 1.19 bits per heavy atom. The van der Waals surface area contributed by atoms with Crippen LogP contribution in [0.25, 0.3) is 0 Å². The predicted octanol–water partition coefficient (Wildman–Crippen LogP) is 4.45. The molecule has 8 heteroatoms. The van der Waals surface area contributed by atoms with Crippen LogP contribution in [0.1, 0.15) is 93.7 Å². The third-order valence-corrected chi connectivity index (χ3v) is 8.57. The minimum Gasteiger partial charge on any atom is -0.349 e. The lowest BCUT2D eigenvalue weighted by Gasteiger charge is -2.41. The molecule has 0 unspecified atom stereocenters. The average Bonchev–Trinajstić information content (AvgIpc) is 3.31. The van der Waals surface area contributed by atoms with Crippen molar-refractivity contribution in [3.63, 3.8) is 0 Å². The first-order chi connectivity index (χ1) is 17.8. The first-order valence-corrected chi connectivity index (χ1v) is 14.0. The molecule has 2 aromatic rings. The van der Waals surface area contributed by atoms with E-state index in [1.807, 2.05) is 17.9 Å². The van der Waals surface area contributed by atoms with E-state index < -0.39 is 0 Å². The second-order valence-electron chi connectivity index (χ2n) is 11.1. The number of carbonyl (C=O) groups excluding carboxylic acids is 2. The van der Waals surface area contributed by atoms with E-state index in [1.165, 1.54) is 37.6 Å². The molecule has 5 rings (SSSR count). The van der Waals surface area contributed by atoms with Crippen molar-refractivity contribution in [3.8, 4) is 0 Å². The number of nitrogens with one attached hydrogen (secondary N) is 1. The van der Waals surface area contributed by atoms with Crippen molar-refractivity contribution >= 4 is 11.8 Å². The lowest BCUT2D eigenvalue weighted by Crippen LogP contribution is -2.45. The molecular formula is C29H40FN5O2. The zero-order chi connectivity index (χ0) is 26.1. The molecule has 0 spiro atoms. The van der Waals surface area contributed by atoms with E-state index in [2.05, 4.69) is 21.7 Å². The van der Waals surface area contributed by atoms with Gasteiger partial charge < -0.3 is 14.8 Å². The fraction of sp³-hybridized carbons (Fsp3) is 0.621. The number of imidazole rings is 1. The highest BCUT2D eigenvalue weighted by Gasteiger charge is 2.42. The van der Waals surface area contributed by atoms with Gasteiger partial charge in [0.05, 0.1) is 18.3 Å². The summed E-state index contributed by atoms with van der Waals surface area (Å²) in [6.07, 6.45) is 7.73. The van der Waals surface area contributed by atoms with Crippen molar-refractivity contribution in [2.24, 2.45) is 0 Å². The van der Waals surface area contributed by atoms with Gasteiger partial charge >= 0.3 is 0 Å². The Morgan fingerprint density at radius 2 is 1.95 bits per heavy atom. The molecule has 2 saturated heterocycles. The molecule has 0 radical (unpaired) electrons. The molecule has 4 heterocycles. The number of hydrogen-bond donors (Lipinski definition) is 1. The average molecular weight is 510 g/mol. The van der Waals surface area contributed by atoms with Crippen LogP contribution in [0.5, 0.6) is 0 Å². The molecule has 0 aliphatic carbocycles. The predicted molar refractivity (Wildman–Crippen MR) is 140 cm³/mol. The standard InChI is InChI=1S/C29H40FN5O2/c1-4-6-29(37)33-13-12-28-27(18-33)31-19(2)35(28)25-16-23-9-10-24(17-25)34(23)14-11-26(32-20(3)36)21-7-5-8-22(30)15-21/h5,7-8,15,23-26H,4,6,9-14,16-18H2,1-3H3,(H,32,36)/t23-,24+,25+,26-/m0/s1. The molecule has 37 heavy (non-hydrogen) atoms. The monoisotopic (exact) mass is 509 g/mol. The molecule has 2 fully saturated rings. The highest BCUT2D eigenvalue weighted by Crippen LogP contribution is 2.43. The topological polar surface area (TPSA) is 70.5 Å². The van der Waals surface area contributed by atoms with Crippen molar-refractivity contribution in [2.45, 2.75) is 103 Å². The van der Waals surface area contributed by atoms with Crippen LogP contribution in [0.3, 0.4) is 0 Å². The quantitative estimate of drug-likeness (QED) is 0.571. The van der Waals surface area contributed by atoms with E-state index in [-0.39, 0.29) is 23.7 Å². The van der Waals surface area contributed by atoms with Crippen LogP contribution >= 0.6 is 0 Å². The molecule has 1 N–H and O–H groups in total. The summed E-state index contributed by atoms with van der Waals surface area (Å²) in [5.74, 6) is 0.948. The summed E-state index contributed by atoms with van der Waals surface area (Å²) in [4.78, 5) is 33.8. The van der Waals surface area contributed by atoms with Gasteiger partial charge in [-0.25, -0.2) is 9.37 Å². The maximum Gasteiger partial charge on any atom is 0.222 e. The van der Waals surface area contributed by atoms with Gasteiger partial charge in [-0.05, 0) is 63.1 Å². The lowest BCUT2D eigenvalue weighted by atomic mass is 9.94. The third kappa shape index (κ3) is 5.44. The molecular weight excluding hydrogens is 469 g/mol. The number of aromatic nitrogens is 2. The fourth-order valence-corrected chi connectivity index (χ4v) is 7.00. The zero-order valence-electron chi connectivity index (χ0n) is 22.4. The van der Waals surface area contributed by atoms with Crippen LogP contribution in [0.15, 0.2) is 24.3 Å². The molecule has 4 atom stereocenters. The number of rotatable bonds is 8. The number of carbonyl (C=O) groups is 2. The van der Waals surface area contributed by atoms with Gasteiger partial charge in [-0.1, -0.05) is 19.1 Å². The Balaban J connectivity index is 1.26. The second kappa shape index (κ2) is 10.9. The van der Waals surface area contributed by atoms with Crippen LogP contribution in [0.4, 0.5) is 4.39 Å². The largest absolute Gasteiger partial charge is 0.349 e. The summed E-state index contributed by atoms with van der Waals surface area (Å²) in [5, 5.41) is 3.03. The van der Waals surface area contributed by atoms with E-state index in [4.69, 9.17) is 4.98 Å². The number of nitrogens with zero attached hydrogens (tertiary/aromatic N) is 4. The summed E-state index contributed by atoms with van der Waals surface area (Å²) in [6.45, 7) is 8.00. The van der Waals surface area contributed by atoms with E-state index in [0.717, 1.165) is 62.3 Å². The maximum atomic E-state index is 13.9. The van der Waals surface area contributed by atoms with Crippen molar-refractivity contribution in [2.75, 3.05) is 13.1 Å². The molecule has 2 bridgehead atoms. The Morgan fingerprint density at radius 3 is 2.62 bits per heavy atom. The van der Waals surface area contributed by atoms with Crippen molar-refractivity contribution in [1.29, 1.82) is 0 Å². The van der Waals surface area contributed by atoms with E-state index in [0.29, 0.717) is 31.1 Å². The molecule has 3 aliphatic rings. The summed E-state index contributed by atoms with van der Waals surface area (Å²) < 4.78 is 16.4. The van der Waals surface area contributed by atoms with Gasteiger partial charge in [0.15, 0.2) is 0 Å². The summed E-state index contributed by atoms with van der Waals surface area (Å²) >= 11 is 0. The fourth-order valence-electron chi connectivity index (χ4n) is 7.00. The minimum absolute atomic E-state index is 0.0914. The minimum atomic E-state index is -0.273. The SMILES string of the molecule is CCCC(=O)N1CCc2c(nc(C)n2[C@H]2C[C@H]3CC[C@@H](C2)N3CC[C@H](NC(C)=O)c2cccc(F)c2)C1. The molecule has 1 aromatic carbocycles. The number of piperidine rings is 1. The highest BCUT2D eigenvalue weighted by molar-refractivity contribution is 5.76. The maximum absolute atomic E-state index is 13.9. The summed E-state index contributed by atoms with van der Waals surface area (Å²) in [7, 11) is 0. The number of aryl methyl sites for hydroxylation is 1. The molecule has 2 amide bonds. The van der Waals surface area contributed by atoms with Crippen LogP contribution in [-0.4, -0.2) is 56.3 Å². The smallest absolute Gasteiger partial charge is 0.222 e. The molecule has 1 aromatic heterocycles. The van der Waals surface area contributed by atoms with E-state index in [1.54, 1.807) is 6.07 Å². The van der Waals surface area contributed by atoms with Crippen molar-refractivity contribution in [1.82, 2.24) is 24.7 Å². The molecule has 200 valence electrons. The number of amides is 2. The Hall–Kier alpha value is -2.74. The van der Waals surface area contributed by atoms with Gasteiger partial charge in [0.1, 0.15) is 11.6 Å². The first kappa shape index (κ1) is 25.9. The van der Waals surface area contributed by atoms with Crippen LogP contribution in [0, 0.1) is 12.7 Å². The number of halogens is 1. The number of fused-ring (bicyclic) bond motifs is 3. The van der Waals surface area contributed by atoms with Gasteiger partial charge in [0, 0.05) is 56.7 Å². The summed E-state index contributed by atoms with van der Waals surface area (Å²) in [6, 6.07) is 7.86. The number of hydrogen-bond acceptors (Lipinski definition) is 4. The molecule has 3 aliphatic heterocycles. The summed E-state index contributed by atoms with van der Waals surface area (Å²) in [5.41, 5.74) is 3.23.